The van der Waals surface area contributed by atoms with Gasteiger partial charge in [0.05, 0.1) is 17.8 Å². The lowest BCUT2D eigenvalue weighted by atomic mass is 9.79. The molecule has 0 radical (unpaired) electrons. The minimum absolute atomic E-state index is 0.280. The predicted molar refractivity (Wildman–Crippen MR) is 75.9 cm³/mol. The number of hydrogen-bond acceptors (Lipinski definition) is 4. The third-order valence-corrected chi connectivity index (χ3v) is 3.80. The SMILES string of the molecule is CCOC(=O)C(CB1OC(C)(C)C(C)(C)O1)=C(C)C. The summed E-state index contributed by atoms with van der Waals surface area (Å²) in [5, 5.41) is 0. The normalized spacial score (nSPS) is 20.3. The second-order valence-corrected chi connectivity index (χ2v) is 6.09. The number of rotatable bonds is 4. The van der Waals surface area contributed by atoms with E-state index in [2.05, 4.69) is 0 Å². The molecular formula is C14H25BO4. The topological polar surface area (TPSA) is 44.8 Å². The summed E-state index contributed by atoms with van der Waals surface area (Å²) in [4.78, 5) is 11.9. The van der Waals surface area contributed by atoms with Gasteiger partial charge in [-0.2, -0.15) is 0 Å². The third kappa shape index (κ3) is 3.60. The molecule has 1 aliphatic rings. The molecule has 0 aromatic carbocycles. The zero-order valence-electron chi connectivity index (χ0n) is 13.1. The molecule has 0 aromatic heterocycles. The number of allylic oxidation sites excluding steroid dienone is 1. The predicted octanol–water partition coefficient (Wildman–Crippen LogP) is 2.98. The monoisotopic (exact) mass is 268 g/mol. The van der Waals surface area contributed by atoms with Gasteiger partial charge >= 0.3 is 13.1 Å². The van der Waals surface area contributed by atoms with Crippen LogP contribution in [-0.2, 0) is 18.8 Å². The van der Waals surface area contributed by atoms with E-state index in [1.807, 2.05) is 41.5 Å². The van der Waals surface area contributed by atoms with Crippen LogP contribution >= 0.6 is 0 Å². The van der Waals surface area contributed by atoms with Gasteiger partial charge in [-0.05, 0) is 48.5 Å². The van der Waals surface area contributed by atoms with Crippen LogP contribution < -0.4 is 0 Å². The Bertz CT molecular complexity index is 365. The second-order valence-electron chi connectivity index (χ2n) is 6.09. The number of ether oxygens (including phenoxy) is 1. The molecule has 0 atom stereocenters. The molecule has 0 aliphatic carbocycles. The highest BCUT2D eigenvalue weighted by Gasteiger charge is 2.51. The summed E-state index contributed by atoms with van der Waals surface area (Å²) >= 11 is 0. The molecule has 0 spiro atoms. The van der Waals surface area contributed by atoms with Crippen molar-refractivity contribution in [3.8, 4) is 0 Å². The van der Waals surface area contributed by atoms with Crippen LogP contribution in [0.4, 0.5) is 0 Å². The Kier molecular flexibility index (Phi) is 4.85. The van der Waals surface area contributed by atoms with Crippen LogP contribution in [0.25, 0.3) is 0 Å². The highest BCUT2D eigenvalue weighted by Crippen LogP contribution is 2.38. The van der Waals surface area contributed by atoms with E-state index in [0.717, 1.165) is 5.57 Å². The van der Waals surface area contributed by atoms with Crippen molar-refractivity contribution in [3.63, 3.8) is 0 Å². The Balaban J connectivity index is 2.80. The van der Waals surface area contributed by atoms with E-state index < -0.39 is 7.12 Å². The first-order valence-electron chi connectivity index (χ1n) is 6.80. The molecule has 1 aliphatic heterocycles. The van der Waals surface area contributed by atoms with Crippen molar-refractivity contribution in [1.29, 1.82) is 0 Å². The minimum Gasteiger partial charge on any atom is -0.463 e. The van der Waals surface area contributed by atoms with Gasteiger partial charge in [-0.15, -0.1) is 0 Å². The van der Waals surface area contributed by atoms with Crippen molar-refractivity contribution in [2.24, 2.45) is 0 Å². The summed E-state index contributed by atoms with van der Waals surface area (Å²) in [6.07, 6.45) is 0.425. The molecule has 5 heteroatoms. The Morgan fingerprint density at radius 3 is 1.95 bits per heavy atom. The number of esters is 1. The molecule has 0 aromatic rings. The summed E-state index contributed by atoms with van der Waals surface area (Å²) in [5.41, 5.74) is 0.826. The third-order valence-electron chi connectivity index (χ3n) is 3.80. The number of hydrogen-bond donors (Lipinski definition) is 0. The molecule has 0 amide bonds. The van der Waals surface area contributed by atoms with E-state index in [1.165, 1.54) is 0 Å². The van der Waals surface area contributed by atoms with Crippen LogP contribution in [-0.4, -0.2) is 30.9 Å². The van der Waals surface area contributed by atoms with Gasteiger partial charge in [0, 0.05) is 11.9 Å². The molecular weight excluding hydrogens is 243 g/mol. The second kappa shape index (κ2) is 5.67. The van der Waals surface area contributed by atoms with Gasteiger partial charge in [-0.25, -0.2) is 4.79 Å². The summed E-state index contributed by atoms with van der Waals surface area (Å²) in [5.74, 6) is -0.280. The summed E-state index contributed by atoms with van der Waals surface area (Å²) < 4.78 is 16.9. The van der Waals surface area contributed by atoms with E-state index in [0.29, 0.717) is 18.5 Å². The standard InChI is InChI=1S/C14H25BO4/c1-8-17-12(16)11(10(2)3)9-15-18-13(4,5)14(6,7)19-15/h8-9H2,1-7H3. The Labute approximate surface area is 116 Å². The van der Waals surface area contributed by atoms with Crippen molar-refractivity contribution < 1.29 is 18.8 Å². The molecule has 1 fully saturated rings. The fourth-order valence-corrected chi connectivity index (χ4v) is 1.92. The molecule has 0 bridgehead atoms. The Morgan fingerprint density at radius 2 is 1.58 bits per heavy atom. The average Bonchev–Trinajstić information content (AvgIpc) is 2.43. The molecule has 0 unspecified atom stereocenters. The quantitative estimate of drug-likeness (QED) is 0.446. The fraction of sp³-hybridized carbons (Fsp3) is 0.786. The van der Waals surface area contributed by atoms with Crippen molar-refractivity contribution >= 4 is 13.1 Å². The van der Waals surface area contributed by atoms with Gasteiger partial charge in [0.25, 0.3) is 0 Å². The lowest BCUT2D eigenvalue weighted by Crippen LogP contribution is -2.41. The molecule has 108 valence electrons. The zero-order valence-corrected chi connectivity index (χ0v) is 13.1. The molecule has 1 heterocycles. The Hall–Kier alpha value is -0.805. The van der Waals surface area contributed by atoms with E-state index in [4.69, 9.17) is 14.0 Å². The van der Waals surface area contributed by atoms with Crippen LogP contribution in [0.15, 0.2) is 11.1 Å². The summed E-state index contributed by atoms with van der Waals surface area (Å²) in [6, 6.07) is 0. The van der Waals surface area contributed by atoms with E-state index in [1.54, 1.807) is 6.92 Å². The maximum atomic E-state index is 11.9. The first kappa shape index (κ1) is 16.2. The smallest absolute Gasteiger partial charge is 0.462 e. The van der Waals surface area contributed by atoms with Crippen molar-refractivity contribution in [2.45, 2.75) is 66.0 Å². The lowest BCUT2D eigenvalue weighted by Gasteiger charge is -2.32. The first-order valence-corrected chi connectivity index (χ1v) is 6.80. The molecule has 4 nitrogen and oxygen atoms in total. The van der Waals surface area contributed by atoms with Gasteiger partial charge in [0.15, 0.2) is 0 Å². The maximum absolute atomic E-state index is 11.9. The van der Waals surface area contributed by atoms with Gasteiger partial charge in [0.2, 0.25) is 0 Å². The largest absolute Gasteiger partial charge is 0.463 e. The highest BCUT2D eigenvalue weighted by molar-refractivity contribution is 6.47. The van der Waals surface area contributed by atoms with Gasteiger partial charge in [0.1, 0.15) is 0 Å². The lowest BCUT2D eigenvalue weighted by molar-refractivity contribution is -0.138. The van der Waals surface area contributed by atoms with E-state index >= 15 is 0 Å². The van der Waals surface area contributed by atoms with E-state index in [9.17, 15) is 4.79 Å². The van der Waals surface area contributed by atoms with Gasteiger partial charge < -0.3 is 14.0 Å². The highest BCUT2D eigenvalue weighted by atomic mass is 16.7. The fourth-order valence-electron chi connectivity index (χ4n) is 1.92. The minimum atomic E-state index is -0.403. The number of carbonyl (C=O) groups excluding carboxylic acids is 1. The van der Waals surface area contributed by atoms with Gasteiger partial charge in [-0.3, -0.25) is 0 Å². The van der Waals surface area contributed by atoms with Gasteiger partial charge in [-0.1, -0.05) is 5.57 Å². The molecule has 1 rings (SSSR count). The molecule has 0 saturated carbocycles. The van der Waals surface area contributed by atoms with Crippen LogP contribution in [0.2, 0.25) is 6.32 Å². The first-order chi connectivity index (χ1) is 8.60. The van der Waals surface area contributed by atoms with Crippen molar-refractivity contribution in [1.82, 2.24) is 0 Å². The summed E-state index contributed by atoms with van der Waals surface area (Å²) in [6.45, 7) is 14.0. The number of carbonyl (C=O) groups is 1. The summed E-state index contributed by atoms with van der Waals surface area (Å²) in [7, 11) is -0.403. The Morgan fingerprint density at radius 1 is 1.11 bits per heavy atom. The van der Waals surface area contributed by atoms with Crippen LogP contribution in [0.5, 0.6) is 0 Å². The van der Waals surface area contributed by atoms with Crippen LogP contribution in [0, 0.1) is 0 Å². The van der Waals surface area contributed by atoms with E-state index in [-0.39, 0.29) is 17.2 Å². The van der Waals surface area contributed by atoms with Crippen LogP contribution in [0.3, 0.4) is 0 Å². The zero-order chi connectivity index (χ0) is 14.8. The molecule has 19 heavy (non-hydrogen) atoms. The van der Waals surface area contributed by atoms with Crippen molar-refractivity contribution in [2.75, 3.05) is 6.61 Å². The molecule has 0 N–H and O–H groups in total. The average molecular weight is 268 g/mol. The maximum Gasteiger partial charge on any atom is 0.462 e. The molecule has 1 saturated heterocycles. The van der Waals surface area contributed by atoms with Crippen molar-refractivity contribution in [3.05, 3.63) is 11.1 Å². The van der Waals surface area contributed by atoms with Crippen LogP contribution in [0.1, 0.15) is 48.5 Å².